The van der Waals surface area contributed by atoms with Crippen molar-refractivity contribution in [2.24, 2.45) is 10.5 Å². The first kappa shape index (κ1) is 30.3. The van der Waals surface area contributed by atoms with Gasteiger partial charge in [-0.15, -0.1) is 0 Å². The Hall–Kier alpha value is -2.25. The number of carbonyl (C=O) groups excluding carboxylic acids is 2. The smallest absolute Gasteiger partial charge is 0.263 e. The number of rotatable bonds is 6. The Morgan fingerprint density at radius 3 is 2.29 bits per heavy atom. The molecule has 0 radical (unpaired) electrons. The molecule has 3 rings (SSSR count). The number of carbonyl (C=O) groups is 2. The lowest BCUT2D eigenvalue weighted by molar-refractivity contribution is -0.169. The van der Waals surface area contributed by atoms with Crippen LogP contribution in [0.1, 0.15) is 30.9 Å². The Labute approximate surface area is 232 Å². The fraction of sp³-hybridized carbons (Fsp3) is 0.375. The van der Waals surface area contributed by atoms with Gasteiger partial charge in [-0.2, -0.15) is 43.2 Å². The zero-order chi connectivity index (χ0) is 28.5. The van der Waals surface area contributed by atoms with E-state index in [0.717, 1.165) is 29.0 Å². The molecule has 0 saturated carbocycles. The lowest BCUT2D eigenvalue weighted by Crippen LogP contribution is -2.50. The topological polar surface area (TPSA) is 53.0 Å². The quantitative estimate of drug-likeness (QED) is 0.237. The van der Waals surface area contributed by atoms with Crippen LogP contribution in [0.5, 0.6) is 0 Å². The minimum Gasteiger partial charge on any atom is -0.263 e. The number of hydrogen-bond acceptors (Lipinski definition) is 4. The van der Waals surface area contributed by atoms with Crippen LogP contribution in [0.3, 0.4) is 0 Å². The van der Waals surface area contributed by atoms with Crippen LogP contribution in [0, 0.1) is 5.41 Å². The van der Waals surface area contributed by atoms with E-state index >= 15 is 0 Å². The molecule has 1 heterocycles. The highest BCUT2D eigenvalue weighted by Crippen LogP contribution is 2.40. The van der Waals surface area contributed by atoms with Crippen LogP contribution in [0.2, 0.25) is 5.02 Å². The van der Waals surface area contributed by atoms with Crippen LogP contribution in [-0.4, -0.2) is 47.4 Å². The Balaban J connectivity index is 2.08. The molecular formula is C24H21BrClF6N3O2S. The van der Waals surface area contributed by atoms with Crippen molar-refractivity contribution >= 4 is 62.6 Å². The minimum absolute atomic E-state index is 0.0130. The van der Waals surface area contributed by atoms with Crippen molar-refractivity contribution in [2.45, 2.75) is 32.1 Å². The van der Waals surface area contributed by atoms with E-state index in [0.29, 0.717) is 17.3 Å². The summed E-state index contributed by atoms with van der Waals surface area (Å²) in [6.07, 6.45) is -7.13. The molecule has 0 spiro atoms. The summed E-state index contributed by atoms with van der Waals surface area (Å²) in [5.74, 6) is -1.68. The highest BCUT2D eigenvalue weighted by molar-refractivity contribution is 9.10. The van der Waals surface area contributed by atoms with E-state index in [2.05, 4.69) is 21.0 Å². The number of hydrogen-bond donors (Lipinski definition) is 0. The molecule has 0 aliphatic carbocycles. The molecule has 0 N–H and O–H groups in total. The Morgan fingerprint density at radius 2 is 1.76 bits per heavy atom. The Bertz CT molecular complexity index is 1240. The van der Waals surface area contributed by atoms with Crippen LogP contribution < -0.4 is 4.90 Å². The fourth-order valence-corrected chi connectivity index (χ4v) is 5.03. The standard InChI is InChI=1S/C24H21BrClF6N3O2S/c1-22(10-3-11-38-2)13-34(33-19(22)14-4-9-17(18(26)12-14)23(27,28)29)21(37)35(20(36)24(30,31)32)16-7-5-15(25)6-8-16/h4-9,12H,3,10-11,13H2,1-2H3. The van der Waals surface area contributed by atoms with Crippen LogP contribution in [-0.2, 0) is 11.0 Å². The summed E-state index contributed by atoms with van der Waals surface area (Å²) in [4.78, 5) is 25.7. The number of thioether (sulfide) groups is 1. The largest absolute Gasteiger partial charge is 0.472 e. The van der Waals surface area contributed by atoms with Gasteiger partial charge in [0.2, 0.25) is 0 Å². The predicted molar refractivity (Wildman–Crippen MR) is 138 cm³/mol. The summed E-state index contributed by atoms with van der Waals surface area (Å²) >= 11 is 10.6. The van der Waals surface area contributed by atoms with E-state index in [9.17, 15) is 35.9 Å². The van der Waals surface area contributed by atoms with Crippen molar-refractivity contribution in [1.82, 2.24) is 5.01 Å². The molecule has 206 valence electrons. The summed E-state index contributed by atoms with van der Waals surface area (Å²) in [7, 11) is 0. The molecule has 1 atom stereocenters. The number of amides is 3. The first-order valence-corrected chi connectivity index (χ1v) is 13.6. The van der Waals surface area contributed by atoms with Gasteiger partial charge in [0, 0.05) is 9.89 Å². The maximum Gasteiger partial charge on any atom is 0.472 e. The van der Waals surface area contributed by atoms with Crippen LogP contribution >= 0.6 is 39.3 Å². The maximum absolute atomic E-state index is 13.5. The molecule has 0 fully saturated rings. The summed E-state index contributed by atoms with van der Waals surface area (Å²) in [6, 6.07) is 6.73. The summed E-state index contributed by atoms with van der Waals surface area (Å²) in [5, 5.41) is 4.39. The predicted octanol–water partition coefficient (Wildman–Crippen LogP) is 8.01. The Morgan fingerprint density at radius 1 is 1.13 bits per heavy atom. The zero-order valence-electron chi connectivity index (χ0n) is 20.0. The molecule has 3 amide bonds. The number of alkyl halides is 6. The van der Waals surface area contributed by atoms with Crippen LogP contribution in [0.25, 0.3) is 0 Å². The first-order chi connectivity index (χ1) is 17.6. The van der Waals surface area contributed by atoms with Crippen molar-refractivity contribution in [1.29, 1.82) is 0 Å². The molecule has 5 nitrogen and oxygen atoms in total. The van der Waals surface area contributed by atoms with E-state index in [1.807, 2.05) is 6.26 Å². The minimum atomic E-state index is -5.36. The molecular weight excluding hydrogens is 624 g/mol. The maximum atomic E-state index is 13.5. The van der Waals surface area contributed by atoms with Crippen molar-refractivity contribution in [3.8, 4) is 0 Å². The average molecular weight is 645 g/mol. The van der Waals surface area contributed by atoms with Gasteiger partial charge >= 0.3 is 24.3 Å². The second kappa shape index (κ2) is 11.5. The summed E-state index contributed by atoms with van der Waals surface area (Å²) < 4.78 is 80.6. The van der Waals surface area contributed by atoms with Gasteiger partial charge in [0.1, 0.15) is 0 Å². The molecule has 0 aromatic heterocycles. The van der Waals surface area contributed by atoms with Gasteiger partial charge in [-0.05, 0) is 66.8 Å². The molecule has 0 bridgehead atoms. The lowest BCUT2D eigenvalue weighted by Gasteiger charge is -2.29. The highest BCUT2D eigenvalue weighted by atomic mass is 79.9. The molecule has 1 unspecified atom stereocenters. The normalized spacial score (nSPS) is 17.9. The number of benzene rings is 2. The number of imide groups is 1. The third-order valence-electron chi connectivity index (χ3n) is 5.86. The Kier molecular flexibility index (Phi) is 9.14. The first-order valence-electron chi connectivity index (χ1n) is 11.0. The number of halogens is 8. The lowest BCUT2D eigenvalue weighted by atomic mass is 9.78. The highest BCUT2D eigenvalue weighted by Gasteiger charge is 2.49. The third-order valence-corrected chi connectivity index (χ3v) is 7.40. The van der Waals surface area contributed by atoms with E-state index in [1.165, 1.54) is 24.3 Å². The SMILES string of the molecule is CSCCCC1(C)CN(C(=O)N(C(=O)C(F)(F)F)c2ccc(Br)cc2)N=C1c1ccc(C(F)(F)F)c(Cl)c1. The third kappa shape index (κ3) is 6.66. The number of nitrogens with zero attached hydrogens (tertiary/aromatic N) is 3. The fourth-order valence-electron chi connectivity index (χ4n) is 4.04. The number of urea groups is 1. The molecule has 1 aliphatic heterocycles. The molecule has 38 heavy (non-hydrogen) atoms. The zero-order valence-corrected chi connectivity index (χ0v) is 23.1. The van der Waals surface area contributed by atoms with E-state index < -0.39 is 40.3 Å². The van der Waals surface area contributed by atoms with Crippen LogP contribution in [0.15, 0.2) is 52.0 Å². The van der Waals surface area contributed by atoms with E-state index in [4.69, 9.17) is 11.6 Å². The van der Waals surface area contributed by atoms with Gasteiger partial charge in [-0.25, -0.2) is 14.7 Å². The van der Waals surface area contributed by atoms with E-state index in [1.54, 1.807) is 18.7 Å². The van der Waals surface area contributed by atoms with Crippen molar-refractivity contribution in [2.75, 3.05) is 23.5 Å². The summed E-state index contributed by atoms with van der Waals surface area (Å²) in [6.45, 7) is 1.51. The molecule has 2 aromatic rings. The second-order valence-corrected chi connectivity index (χ2v) is 11.1. The van der Waals surface area contributed by atoms with Gasteiger partial charge in [0.15, 0.2) is 0 Å². The van der Waals surface area contributed by atoms with Gasteiger partial charge in [-0.1, -0.05) is 40.5 Å². The number of anilines is 1. The van der Waals surface area contributed by atoms with Gasteiger partial charge in [-0.3, -0.25) is 4.79 Å². The second-order valence-electron chi connectivity index (χ2n) is 8.75. The number of hydrazone groups is 1. The van der Waals surface area contributed by atoms with Crippen molar-refractivity contribution in [3.05, 3.63) is 63.1 Å². The molecule has 1 aliphatic rings. The summed E-state index contributed by atoms with van der Waals surface area (Å²) in [5.41, 5.74) is -1.97. The van der Waals surface area contributed by atoms with Crippen LogP contribution in [0.4, 0.5) is 36.8 Å². The van der Waals surface area contributed by atoms with Crippen molar-refractivity contribution < 1.29 is 35.9 Å². The van der Waals surface area contributed by atoms with Gasteiger partial charge < -0.3 is 0 Å². The molecule has 0 saturated heterocycles. The molecule has 2 aromatic carbocycles. The van der Waals surface area contributed by atoms with E-state index in [-0.39, 0.29) is 28.4 Å². The monoisotopic (exact) mass is 643 g/mol. The molecule has 14 heteroatoms. The van der Waals surface area contributed by atoms with Crippen molar-refractivity contribution in [3.63, 3.8) is 0 Å². The van der Waals surface area contributed by atoms with Gasteiger partial charge in [0.25, 0.3) is 0 Å². The average Bonchev–Trinajstić information content (AvgIpc) is 3.16. The van der Waals surface area contributed by atoms with Gasteiger partial charge in [0.05, 0.1) is 28.5 Å².